The smallest absolute Gasteiger partial charge is 0.356 e. The average Bonchev–Trinajstić information content (AvgIpc) is 2.56. The van der Waals surface area contributed by atoms with Gasteiger partial charge in [-0.05, 0) is 33.6 Å². The van der Waals surface area contributed by atoms with Gasteiger partial charge in [-0.15, -0.1) is 0 Å². The number of halogens is 1. The molecule has 0 N–H and O–H groups in total. The van der Waals surface area contributed by atoms with Crippen molar-refractivity contribution in [3.63, 3.8) is 0 Å². The fourth-order valence-electron chi connectivity index (χ4n) is 1.72. The molecule has 0 aliphatic carbocycles. The van der Waals surface area contributed by atoms with Crippen molar-refractivity contribution in [2.45, 2.75) is 6.61 Å². The molecule has 1 heterocycles. The van der Waals surface area contributed by atoms with Gasteiger partial charge in [0, 0.05) is 0 Å². The summed E-state index contributed by atoms with van der Waals surface area (Å²) in [6.45, 7) is 1.40. The summed E-state index contributed by atoms with van der Waals surface area (Å²) in [5.41, 5.74) is 1.34. The Morgan fingerprint density at radius 3 is 2.59 bits per heavy atom. The Morgan fingerprint density at radius 1 is 1.14 bits per heavy atom. The zero-order valence-corrected chi connectivity index (χ0v) is 13.7. The molecule has 0 saturated carbocycles. The molecule has 5 nitrogen and oxygen atoms in total. The van der Waals surface area contributed by atoms with E-state index in [-0.39, 0.29) is 5.69 Å². The summed E-state index contributed by atoms with van der Waals surface area (Å²) in [5.74, 6) is 0.0643. The topological polar surface area (TPSA) is 57.7 Å². The van der Waals surface area contributed by atoms with Crippen molar-refractivity contribution in [3.8, 4) is 5.75 Å². The molecule has 0 spiro atoms. The normalized spacial score (nSPS) is 10.3. The number of pyridine rings is 1. The molecule has 22 heavy (non-hydrogen) atoms. The van der Waals surface area contributed by atoms with E-state index in [1.54, 1.807) is 12.1 Å². The molecule has 1 aromatic carbocycles. The molecule has 0 aliphatic rings. The van der Waals surface area contributed by atoms with Crippen molar-refractivity contribution >= 4 is 21.9 Å². The van der Waals surface area contributed by atoms with Gasteiger partial charge in [0.25, 0.3) is 0 Å². The van der Waals surface area contributed by atoms with Gasteiger partial charge in [-0.2, -0.15) is 0 Å². The maximum atomic E-state index is 11.3. The Balaban J connectivity index is 1.76. The molecule has 6 heteroatoms. The zero-order chi connectivity index (χ0) is 15.8. The van der Waals surface area contributed by atoms with Crippen molar-refractivity contribution in [1.82, 2.24) is 4.98 Å². The number of esters is 1. The third-order valence-corrected chi connectivity index (χ3v) is 3.37. The Morgan fingerprint density at radius 2 is 1.91 bits per heavy atom. The van der Waals surface area contributed by atoms with Gasteiger partial charge >= 0.3 is 5.97 Å². The Bertz CT molecular complexity index is 619. The van der Waals surface area contributed by atoms with Crippen LogP contribution in [-0.4, -0.2) is 31.3 Å². The molecule has 0 unspecified atom stereocenters. The summed E-state index contributed by atoms with van der Waals surface area (Å²) in [6.07, 6.45) is 0. The number of carbonyl (C=O) groups excluding carboxylic acids is 1. The first-order valence-electron chi connectivity index (χ1n) is 6.70. The predicted molar refractivity (Wildman–Crippen MR) is 84.9 cm³/mol. The van der Waals surface area contributed by atoms with E-state index in [9.17, 15) is 4.79 Å². The summed E-state index contributed by atoms with van der Waals surface area (Å²) in [4.78, 5) is 15.4. The number of hydrogen-bond acceptors (Lipinski definition) is 5. The number of benzene rings is 1. The van der Waals surface area contributed by atoms with Gasteiger partial charge in [0.1, 0.15) is 16.9 Å². The van der Waals surface area contributed by atoms with E-state index in [0.717, 1.165) is 5.56 Å². The first kappa shape index (κ1) is 16.5. The summed E-state index contributed by atoms with van der Waals surface area (Å²) < 4.78 is 16.1. The van der Waals surface area contributed by atoms with Crippen molar-refractivity contribution in [1.29, 1.82) is 0 Å². The Labute approximate surface area is 137 Å². The van der Waals surface area contributed by atoms with Crippen LogP contribution in [0.5, 0.6) is 5.75 Å². The monoisotopic (exact) mass is 365 g/mol. The lowest BCUT2D eigenvalue weighted by Crippen LogP contribution is -2.09. The minimum absolute atomic E-state index is 0.224. The van der Waals surface area contributed by atoms with Gasteiger partial charge in [0.05, 0.1) is 20.3 Å². The number of rotatable bonds is 7. The van der Waals surface area contributed by atoms with Crippen LogP contribution >= 0.6 is 15.9 Å². The first-order valence-corrected chi connectivity index (χ1v) is 7.49. The fourth-order valence-corrected chi connectivity index (χ4v) is 2.16. The van der Waals surface area contributed by atoms with Gasteiger partial charge in [-0.3, -0.25) is 0 Å². The molecule has 0 saturated heterocycles. The Hall–Kier alpha value is -1.92. The van der Waals surface area contributed by atoms with E-state index < -0.39 is 5.97 Å². The molecule has 2 aromatic rings. The van der Waals surface area contributed by atoms with Gasteiger partial charge in [-0.1, -0.05) is 30.3 Å². The summed E-state index contributed by atoms with van der Waals surface area (Å²) in [6, 6.07) is 13.1. The molecule has 0 bridgehead atoms. The number of hydrogen-bond donors (Lipinski definition) is 0. The molecule has 0 aliphatic heterocycles. The van der Waals surface area contributed by atoms with Gasteiger partial charge in [-0.25, -0.2) is 9.78 Å². The SMILES string of the molecule is COC(=O)c1ccc(OCCOCc2ccccc2)c(Br)n1. The van der Waals surface area contributed by atoms with Crippen molar-refractivity contribution in [2.24, 2.45) is 0 Å². The second-order valence-electron chi connectivity index (χ2n) is 4.36. The second kappa shape index (κ2) is 8.51. The van der Waals surface area contributed by atoms with Crippen LogP contribution in [0.4, 0.5) is 0 Å². The highest BCUT2D eigenvalue weighted by Crippen LogP contribution is 2.23. The molecule has 0 amide bonds. The lowest BCUT2D eigenvalue weighted by Gasteiger charge is -2.09. The standard InChI is InChI=1S/C16H16BrNO4/c1-20-16(19)13-7-8-14(15(17)18-13)22-10-9-21-11-12-5-3-2-4-6-12/h2-8H,9-11H2,1H3. The van der Waals surface area contributed by atoms with Crippen LogP contribution in [0.2, 0.25) is 0 Å². The van der Waals surface area contributed by atoms with Crippen LogP contribution in [0.15, 0.2) is 47.1 Å². The van der Waals surface area contributed by atoms with E-state index >= 15 is 0 Å². The lowest BCUT2D eigenvalue weighted by molar-refractivity contribution is 0.0593. The third-order valence-electron chi connectivity index (χ3n) is 2.81. The van der Waals surface area contributed by atoms with Crippen LogP contribution in [-0.2, 0) is 16.1 Å². The minimum Gasteiger partial charge on any atom is -0.488 e. The maximum absolute atomic E-state index is 11.3. The molecule has 2 rings (SSSR count). The predicted octanol–water partition coefficient (Wildman–Crippen LogP) is 3.23. The highest BCUT2D eigenvalue weighted by molar-refractivity contribution is 9.10. The van der Waals surface area contributed by atoms with Crippen molar-refractivity contribution in [3.05, 3.63) is 58.3 Å². The first-order chi connectivity index (χ1) is 10.7. The van der Waals surface area contributed by atoms with E-state index in [0.29, 0.717) is 30.2 Å². The van der Waals surface area contributed by atoms with Gasteiger partial charge < -0.3 is 14.2 Å². The summed E-state index contributed by atoms with van der Waals surface area (Å²) >= 11 is 3.27. The number of aromatic nitrogens is 1. The fraction of sp³-hybridized carbons (Fsp3) is 0.250. The average molecular weight is 366 g/mol. The largest absolute Gasteiger partial charge is 0.488 e. The van der Waals surface area contributed by atoms with E-state index in [1.165, 1.54) is 7.11 Å². The van der Waals surface area contributed by atoms with Crippen LogP contribution in [0, 0.1) is 0 Å². The highest BCUT2D eigenvalue weighted by Gasteiger charge is 2.10. The number of carbonyl (C=O) groups is 1. The maximum Gasteiger partial charge on any atom is 0.356 e. The van der Waals surface area contributed by atoms with Gasteiger partial charge in [0.2, 0.25) is 0 Å². The van der Waals surface area contributed by atoms with Crippen molar-refractivity contribution in [2.75, 3.05) is 20.3 Å². The number of methoxy groups -OCH3 is 1. The van der Waals surface area contributed by atoms with E-state index in [4.69, 9.17) is 9.47 Å². The van der Waals surface area contributed by atoms with Gasteiger partial charge in [0.15, 0.2) is 5.75 Å². The minimum atomic E-state index is -0.488. The molecular weight excluding hydrogens is 350 g/mol. The third kappa shape index (κ3) is 4.82. The second-order valence-corrected chi connectivity index (χ2v) is 5.11. The molecule has 0 atom stereocenters. The summed E-state index contributed by atoms with van der Waals surface area (Å²) in [7, 11) is 1.31. The molecule has 0 radical (unpaired) electrons. The summed E-state index contributed by atoms with van der Waals surface area (Å²) in [5, 5.41) is 0. The number of nitrogens with zero attached hydrogens (tertiary/aromatic N) is 1. The van der Waals surface area contributed by atoms with E-state index in [2.05, 4.69) is 25.7 Å². The van der Waals surface area contributed by atoms with Crippen LogP contribution in [0.3, 0.4) is 0 Å². The molecule has 116 valence electrons. The molecule has 1 aromatic heterocycles. The Kier molecular flexibility index (Phi) is 6.36. The molecule has 0 fully saturated rings. The zero-order valence-electron chi connectivity index (χ0n) is 12.1. The molecular formula is C16H16BrNO4. The number of ether oxygens (including phenoxy) is 3. The van der Waals surface area contributed by atoms with Crippen molar-refractivity contribution < 1.29 is 19.0 Å². The van der Waals surface area contributed by atoms with Crippen LogP contribution in [0.1, 0.15) is 16.1 Å². The van der Waals surface area contributed by atoms with Crippen LogP contribution in [0.25, 0.3) is 0 Å². The quantitative estimate of drug-likeness (QED) is 0.428. The lowest BCUT2D eigenvalue weighted by atomic mass is 10.2. The van der Waals surface area contributed by atoms with Crippen LogP contribution < -0.4 is 4.74 Å². The highest BCUT2D eigenvalue weighted by atomic mass is 79.9. The van der Waals surface area contributed by atoms with E-state index in [1.807, 2.05) is 30.3 Å².